The van der Waals surface area contributed by atoms with Gasteiger partial charge in [-0.1, -0.05) is 54.2 Å². The molecule has 9 heteroatoms. The number of ether oxygens (including phenoxy) is 1. The summed E-state index contributed by atoms with van der Waals surface area (Å²) in [5.41, 5.74) is 1.45. The van der Waals surface area contributed by atoms with Crippen LogP contribution >= 0.6 is 11.8 Å². The van der Waals surface area contributed by atoms with Crippen molar-refractivity contribution in [2.45, 2.75) is 17.9 Å². The number of methoxy groups -OCH3 is 1. The average molecular weight is 421 g/mol. The maximum atomic E-state index is 13.1. The Hall–Kier alpha value is -2.94. The second-order valence-electron chi connectivity index (χ2n) is 6.03. The van der Waals surface area contributed by atoms with Crippen molar-refractivity contribution in [3.8, 4) is 17.0 Å². The number of aromatic nitrogens is 2. The van der Waals surface area contributed by atoms with Gasteiger partial charge in [0.25, 0.3) is 0 Å². The SMILES string of the molecule is COc1ccccc1NC(=O)CSc1ncc(-c2ccccc2)n1CC(F)(F)F. The number of nitrogens with zero attached hydrogens (tertiary/aromatic N) is 2. The van der Waals surface area contributed by atoms with Gasteiger partial charge < -0.3 is 14.6 Å². The van der Waals surface area contributed by atoms with E-state index in [1.54, 1.807) is 54.6 Å². The first kappa shape index (κ1) is 20.8. The Morgan fingerprint density at radius 2 is 1.83 bits per heavy atom. The van der Waals surface area contributed by atoms with Crippen molar-refractivity contribution >= 4 is 23.4 Å². The van der Waals surface area contributed by atoms with Gasteiger partial charge in [0.05, 0.1) is 30.4 Å². The first-order valence-corrected chi connectivity index (χ1v) is 9.59. The lowest BCUT2D eigenvalue weighted by molar-refractivity contribution is -0.141. The molecule has 0 spiro atoms. The van der Waals surface area contributed by atoms with Gasteiger partial charge in [-0.25, -0.2) is 4.98 Å². The number of para-hydroxylation sites is 2. The third kappa shape index (κ3) is 5.54. The molecule has 0 fully saturated rings. The monoisotopic (exact) mass is 421 g/mol. The first-order chi connectivity index (χ1) is 13.9. The number of thioether (sulfide) groups is 1. The molecular formula is C20H18F3N3O2S. The fourth-order valence-corrected chi connectivity index (χ4v) is 3.49. The molecule has 1 heterocycles. The normalized spacial score (nSPS) is 11.3. The van der Waals surface area contributed by atoms with Gasteiger partial charge >= 0.3 is 6.18 Å². The van der Waals surface area contributed by atoms with E-state index in [9.17, 15) is 18.0 Å². The fraction of sp³-hybridized carbons (Fsp3) is 0.200. The summed E-state index contributed by atoms with van der Waals surface area (Å²) in [4.78, 5) is 16.4. The molecule has 3 rings (SSSR count). The molecule has 0 aliphatic heterocycles. The Kier molecular flexibility index (Phi) is 6.48. The third-order valence-corrected chi connectivity index (χ3v) is 4.93. The van der Waals surface area contributed by atoms with Gasteiger partial charge in [-0.15, -0.1) is 0 Å². The molecule has 0 saturated carbocycles. The second-order valence-corrected chi connectivity index (χ2v) is 6.97. The zero-order valence-electron chi connectivity index (χ0n) is 15.4. The lowest BCUT2D eigenvalue weighted by atomic mass is 10.2. The zero-order chi connectivity index (χ0) is 20.9. The lowest BCUT2D eigenvalue weighted by Gasteiger charge is -2.14. The largest absolute Gasteiger partial charge is 0.495 e. The highest BCUT2D eigenvalue weighted by molar-refractivity contribution is 7.99. The fourth-order valence-electron chi connectivity index (χ4n) is 2.71. The number of hydrogen-bond acceptors (Lipinski definition) is 4. The quantitative estimate of drug-likeness (QED) is 0.554. The van der Waals surface area contributed by atoms with Crippen LogP contribution in [0.5, 0.6) is 5.75 Å². The van der Waals surface area contributed by atoms with E-state index in [1.807, 2.05) is 0 Å². The molecular weight excluding hydrogens is 403 g/mol. The molecule has 1 N–H and O–H groups in total. The summed E-state index contributed by atoms with van der Waals surface area (Å²) < 4.78 is 45.6. The van der Waals surface area contributed by atoms with Gasteiger partial charge in [-0.05, 0) is 17.7 Å². The van der Waals surface area contributed by atoms with Crippen LogP contribution in [0.1, 0.15) is 0 Å². The number of amides is 1. The van der Waals surface area contributed by atoms with E-state index in [2.05, 4.69) is 10.3 Å². The highest BCUT2D eigenvalue weighted by atomic mass is 32.2. The third-order valence-electron chi connectivity index (χ3n) is 3.94. The van der Waals surface area contributed by atoms with Gasteiger partial charge in [0.2, 0.25) is 5.91 Å². The van der Waals surface area contributed by atoms with E-state index >= 15 is 0 Å². The van der Waals surface area contributed by atoms with E-state index in [4.69, 9.17) is 4.74 Å². The molecule has 3 aromatic rings. The second kappa shape index (κ2) is 9.04. The number of alkyl halides is 3. The Balaban J connectivity index is 1.76. The Labute approximate surface area is 169 Å². The summed E-state index contributed by atoms with van der Waals surface area (Å²) >= 11 is 0.943. The van der Waals surface area contributed by atoms with Crippen LogP contribution in [0, 0.1) is 0 Å². The molecule has 29 heavy (non-hydrogen) atoms. The van der Waals surface area contributed by atoms with Crippen LogP contribution < -0.4 is 10.1 Å². The standard InChI is InChI=1S/C20H18F3N3O2S/c1-28-17-10-6-5-9-15(17)25-18(27)12-29-19-24-11-16(14-7-3-2-4-8-14)26(19)13-20(21,22)23/h2-11H,12-13H2,1H3,(H,25,27). The predicted molar refractivity (Wildman–Crippen MR) is 106 cm³/mol. The summed E-state index contributed by atoms with van der Waals surface area (Å²) in [7, 11) is 1.48. The smallest absolute Gasteiger partial charge is 0.406 e. The molecule has 1 aromatic heterocycles. The highest BCUT2D eigenvalue weighted by Crippen LogP contribution is 2.30. The molecule has 0 aliphatic rings. The minimum absolute atomic E-state index is 0.0961. The van der Waals surface area contributed by atoms with E-state index in [1.165, 1.54) is 13.3 Å². The predicted octanol–water partition coefficient (Wildman–Crippen LogP) is 4.85. The highest BCUT2D eigenvalue weighted by Gasteiger charge is 2.31. The average Bonchev–Trinajstić information content (AvgIpc) is 3.08. The van der Waals surface area contributed by atoms with Crippen LogP contribution in [-0.2, 0) is 11.3 Å². The van der Waals surface area contributed by atoms with Gasteiger partial charge in [-0.2, -0.15) is 13.2 Å². The molecule has 0 aliphatic carbocycles. The number of hydrogen-bond donors (Lipinski definition) is 1. The number of carbonyl (C=O) groups excluding carboxylic acids is 1. The summed E-state index contributed by atoms with van der Waals surface area (Å²) in [6.45, 7) is -1.19. The topological polar surface area (TPSA) is 56.1 Å². The van der Waals surface area contributed by atoms with Crippen molar-refractivity contribution in [2.24, 2.45) is 0 Å². The molecule has 0 radical (unpaired) electrons. The van der Waals surface area contributed by atoms with E-state index in [0.717, 1.165) is 16.3 Å². The van der Waals surface area contributed by atoms with Gasteiger partial charge in [0, 0.05) is 0 Å². The van der Waals surface area contributed by atoms with Crippen molar-refractivity contribution in [2.75, 3.05) is 18.2 Å². The summed E-state index contributed by atoms with van der Waals surface area (Å²) in [5.74, 6) is 0.0272. The minimum Gasteiger partial charge on any atom is -0.495 e. The minimum atomic E-state index is -4.42. The van der Waals surface area contributed by atoms with Gasteiger partial charge in [-0.3, -0.25) is 4.79 Å². The summed E-state index contributed by atoms with van der Waals surface area (Å²) in [6.07, 6.45) is -3.03. The Morgan fingerprint density at radius 1 is 1.14 bits per heavy atom. The molecule has 0 unspecified atom stereocenters. The maximum Gasteiger partial charge on any atom is 0.406 e. The van der Waals surface area contributed by atoms with Gasteiger partial charge in [0.15, 0.2) is 5.16 Å². The maximum absolute atomic E-state index is 13.1. The van der Waals surface area contributed by atoms with Crippen molar-refractivity contribution in [1.29, 1.82) is 0 Å². The van der Waals surface area contributed by atoms with Crippen LogP contribution in [0.4, 0.5) is 18.9 Å². The van der Waals surface area contributed by atoms with E-state index in [-0.39, 0.29) is 16.8 Å². The van der Waals surface area contributed by atoms with Crippen molar-refractivity contribution in [3.05, 3.63) is 60.8 Å². The molecule has 1 amide bonds. The molecule has 2 aromatic carbocycles. The zero-order valence-corrected chi connectivity index (χ0v) is 16.3. The van der Waals surface area contributed by atoms with Crippen LogP contribution in [0.2, 0.25) is 0 Å². The van der Waals surface area contributed by atoms with Crippen LogP contribution in [0.3, 0.4) is 0 Å². The number of rotatable bonds is 7. The van der Waals surface area contributed by atoms with Crippen LogP contribution in [0.15, 0.2) is 66.0 Å². The van der Waals surface area contributed by atoms with Crippen molar-refractivity contribution in [1.82, 2.24) is 9.55 Å². The molecule has 0 bridgehead atoms. The Bertz CT molecular complexity index is 975. The van der Waals surface area contributed by atoms with Crippen molar-refractivity contribution in [3.63, 3.8) is 0 Å². The number of benzene rings is 2. The molecule has 0 atom stereocenters. The van der Waals surface area contributed by atoms with Gasteiger partial charge in [0.1, 0.15) is 12.3 Å². The number of imidazole rings is 1. The number of anilines is 1. The van der Waals surface area contributed by atoms with Crippen molar-refractivity contribution < 1.29 is 22.7 Å². The molecule has 5 nitrogen and oxygen atoms in total. The lowest BCUT2D eigenvalue weighted by Crippen LogP contribution is -2.20. The Morgan fingerprint density at radius 3 is 2.52 bits per heavy atom. The first-order valence-electron chi connectivity index (χ1n) is 8.61. The summed E-state index contributed by atoms with van der Waals surface area (Å²) in [5, 5.41) is 2.82. The molecule has 152 valence electrons. The van der Waals surface area contributed by atoms with E-state index in [0.29, 0.717) is 22.7 Å². The number of nitrogens with one attached hydrogen (secondary N) is 1. The van der Waals surface area contributed by atoms with Crippen LogP contribution in [0.25, 0.3) is 11.3 Å². The number of carbonyl (C=O) groups is 1. The summed E-state index contributed by atoms with van der Waals surface area (Å²) in [6, 6.07) is 15.6. The molecule has 0 saturated heterocycles. The van der Waals surface area contributed by atoms with Crippen LogP contribution in [-0.4, -0.2) is 34.5 Å². The number of halogens is 3. The van der Waals surface area contributed by atoms with E-state index < -0.39 is 12.7 Å².